The van der Waals surface area contributed by atoms with Crippen molar-refractivity contribution in [3.8, 4) is 0 Å². The van der Waals surface area contributed by atoms with Crippen LogP contribution in [0.2, 0.25) is 0 Å². The molecule has 0 bridgehead atoms. The van der Waals surface area contributed by atoms with Crippen molar-refractivity contribution in [1.29, 1.82) is 0 Å². The molecular formula is C15H20F4N2. The van der Waals surface area contributed by atoms with Gasteiger partial charge in [0, 0.05) is 18.6 Å². The van der Waals surface area contributed by atoms with Crippen molar-refractivity contribution in [2.75, 3.05) is 13.6 Å². The van der Waals surface area contributed by atoms with Crippen LogP contribution in [0.1, 0.15) is 30.9 Å². The van der Waals surface area contributed by atoms with Crippen LogP contribution in [0.5, 0.6) is 0 Å². The Morgan fingerprint density at radius 3 is 2.67 bits per heavy atom. The summed E-state index contributed by atoms with van der Waals surface area (Å²) in [6, 6.07) is 3.92. The molecule has 1 N–H and O–H groups in total. The highest BCUT2D eigenvalue weighted by Crippen LogP contribution is 2.31. The first kappa shape index (κ1) is 16.2. The van der Waals surface area contributed by atoms with Crippen molar-refractivity contribution in [3.63, 3.8) is 0 Å². The Hall–Kier alpha value is -1.14. The van der Waals surface area contributed by atoms with E-state index in [2.05, 4.69) is 24.2 Å². The molecular weight excluding hydrogens is 284 g/mol. The van der Waals surface area contributed by atoms with E-state index in [4.69, 9.17) is 0 Å². The van der Waals surface area contributed by atoms with E-state index in [1.54, 1.807) is 0 Å². The van der Waals surface area contributed by atoms with Crippen LogP contribution in [0.15, 0.2) is 18.2 Å². The summed E-state index contributed by atoms with van der Waals surface area (Å²) in [7, 11) is 2.07. The number of halogens is 4. The van der Waals surface area contributed by atoms with E-state index >= 15 is 0 Å². The number of benzene rings is 1. The van der Waals surface area contributed by atoms with Crippen LogP contribution < -0.4 is 5.32 Å². The summed E-state index contributed by atoms with van der Waals surface area (Å²) >= 11 is 0. The first-order chi connectivity index (χ1) is 9.77. The zero-order chi connectivity index (χ0) is 15.6. The molecule has 2 rings (SSSR count). The third kappa shape index (κ3) is 4.17. The summed E-state index contributed by atoms with van der Waals surface area (Å²) in [6.07, 6.45) is -2.72. The minimum atomic E-state index is -4.65. The van der Waals surface area contributed by atoms with Gasteiger partial charge in [-0.25, -0.2) is 4.39 Å². The second kappa shape index (κ2) is 6.32. The molecule has 0 radical (unpaired) electrons. The molecule has 0 amide bonds. The molecule has 1 aliphatic heterocycles. The number of hydrogen-bond acceptors (Lipinski definition) is 2. The SMILES string of the molecule is CC1CC(NCc2ccc(F)c(C(F)(F)F)c2)CCN1C. The molecule has 0 aromatic heterocycles. The van der Waals surface area contributed by atoms with E-state index in [0.717, 1.165) is 31.5 Å². The molecule has 1 aromatic carbocycles. The minimum Gasteiger partial charge on any atom is -0.310 e. The molecule has 2 atom stereocenters. The molecule has 1 heterocycles. The van der Waals surface area contributed by atoms with Crippen LogP contribution in [-0.2, 0) is 12.7 Å². The van der Waals surface area contributed by atoms with E-state index in [0.29, 0.717) is 18.2 Å². The molecule has 1 saturated heterocycles. The standard InChI is InChI=1S/C15H20F4N2/c1-10-7-12(5-6-21(10)2)20-9-11-3-4-14(16)13(8-11)15(17,18)19/h3-4,8,10,12,20H,5-7,9H2,1-2H3. The van der Waals surface area contributed by atoms with Gasteiger partial charge in [-0.15, -0.1) is 0 Å². The molecule has 21 heavy (non-hydrogen) atoms. The lowest BCUT2D eigenvalue weighted by atomic mass is 9.98. The Morgan fingerprint density at radius 1 is 1.33 bits per heavy atom. The van der Waals surface area contributed by atoms with Crippen LogP contribution in [0.25, 0.3) is 0 Å². The predicted octanol–water partition coefficient (Wildman–Crippen LogP) is 3.42. The Labute approximate surface area is 122 Å². The summed E-state index contributed by atoms with van der Waals surface area (Å²) in [5.41, 5.74) is -0.742. The zero-order valence-electron chi connectivity index (χ0n) is 12.2. The van der Waals surface area contributed by atoms with E-state index in [1.165, 1.54) is 6.07 Å². The molecule has 0 aliphatic carbocycles. The number of likely N-dealkylation sites (tertiary alicyclic amines) is 1. The summed E-state index contributed by atoms with van der Waals surface area (Å²) < 4.78 is 51.2. The molecule has 1 aromatic rings. The maximum absolute atomic E-state index is 13.2. The van der Waals surface area contributed by atoms with Gasteiger partial charge in [-0.2, -0.15) is 13.2 Å². The monoisotopic (exact) mass is 304 g/mol. The van der Waals surface area contributed by atoms with Crippen molar-refractivity contribution in [2.45, 2.75) is 44.6 Å². The van der Waals surface area contributed by atoms with E-state index in [-0.39, 0.29) is 6.04 Å². The van der Waals surface area contributed by atoms with Gasteiger partial charge < -0.3 is 10.2 Å². The average molecular weight is 304 g/mol. The molecule has 1 fully saturated rings. The third-order valence-electron chi connectivity index (χ3n) is 4.14. The lowest BCUT2D eigenvalue weighted by molar-refractivity contribution is -0.140. The first-order valence-corrected chi connectivity index (χ1v) is 7.06. The Kier molecular flexibility index (Phi) is 4.88. The van der Waals surface area contributed by atoms with Gasteiger partial charge in [0.05, 0.1) is 5.56 Å². The zero-order valence-corrected chi connectivity index (χ0v) is 12.2. The Bertz CT molecular complexity index is 487. The van der Waals surface area contributed by atoms with Crippen molar-refractivity contribution in [1.82, 2.24) is 10.2 Å². The van der Waals surface area contributed by atoms with E-state index in [9.17, 15) is 17.6 Å². The van der Waals surface area contributed by atoms with Gasteiger partial charge >= 0.3 is 6.18 Å². The number of hydrogen-bond donors (Lipinski definition) is 1. The summed E-state index contributed by atoms with van der Waals surface area (Å²) in [4.78, 5) is 2.26. The number of alkyl halides is 3. The largest absolute Gasteiger partial charge is 0.419 e. The number of nitrogens with zero attached hydrogens (tertiary/aromatic N) is 1. The number of nitrogens with one attached hydrogen (secondary N) is 1. The van der Waals surface area contributed by atoms with Gasteiger partial charge in [-0.05, 0) is 51.1 Å². The van der Waals surface area contributed by atoms with Crippen molar-refractivity contribution < 1.29 is 17.6 Å². The summed E-state index contributed by atoms with van der Waals surface area (Å²) in [5, 5.41) is 3.27. The lowest BCUT2D eigenvalue weighted by Crippen LogP contribution is -2.45. The average Bonchev–Trinajstić information content (AvgIpc) is 2.40. The maximum atomic E-state index is 13.2. The topological polar surface area (TPSA) is 15.3 Å². The van der Waals surface area contributed by atoms with Crippen LogP contribution in [0.4, 0.5) is 17.6 Å². The minimum absolute atomic E-state index is 0.288. The van der Waals surface area contributed by atoms with Crippen molar-refractivity contribution in [2.24, 2.45) is 0 Å². The second-order valence-electron chi connectivity index (χ2n) is 5.74. The third-order valence-corrected chi connectivity index (χ3v) is 4.14. The van der Waals surface area contributed by atoms with Gasteiger partial charge in [-0.3, -0.25) is 0 Å². The molecule has 0 saturated carbocycles. The molecule has 0 spiro atoms. The van der Waals surface area contributed by atoms with Gasteiger partial charge in [-0.1, -0.05) is 6.07 Å². The molecule has 2 nitrogen and oxygen atoms in total. The smallest absolute Gasteiger partial charge is 0.310 e. The van der Waals surface area contributed by atoms with Crippen LogP contribution in [-0.4, -0.2) is 30.6 Å². The fourth-order valence-corrected chi connectivity index (χ4v) is 2.64. The molecule has 118 valence electrons. The Morgan fingerprint density at radius 2 is 2.05 bits per heavy atom. The predicted molar refractivity (Wildman–Crippen MR) is 73.4 cm³/mol. The normalized spacial score (nSPS) is 24.3. The van der Waals surface area contributed by atoms with E-state index in [1.807, 2.05) is 0 Å². The van der Waals surface area contributed by atoms with Gasteiger partial charge in [0.25, 0.3) is 0 Å². The highest BCUT2D eigenvalue weighted by Gasteiger charge is 2.34. The van der Waals surface area contributed by atoms with Crippen LogP contribution >= 0.6 is 0 Å². The quantitative estimate of drug-likeness (QED) is 0.861. The molecule has 1 aliphatic rings. The van der Waals surface area contributed by atoms with Gasteiger partial charge in [0.15, 0.2) is 0 Å². The highest BCUT2D eigenvalue weighted by molar-refractivity contribution is 5.27. The van der Waals surface area contributed by atoms with E-state index < -0.39 is 17.6 Å². The highest BCUT2D eigenvalue weighted by atomic mass is 19.4. The van der Waals surface area contributed by atoms with Gasteiger partial charge in [0.2, 0.25) is 0 Å². The van der Waals surface area contributed by atoms with Crippen LogP contribution in [0.3, 0.4) is 0 Å². The summed E-state index contributed by atoms with van der Waals surface area (Å²) in [5.74, 6) is -1.22. The maximum Gasteiger partial charge on any atom is 0.419 e. The second-order valence-corrected chi connectivity index (χ2v) is 5.74. The fourth-order valence-electron chi connectivity index (χ4n) is 2.64. The number of piperidine rings is 1. The molecule has 2 unspecified atom stereocenters. The van der Waals surface area contributed by atoms with Gasteiger partial charge in [0.1, 0.15) is 5.82 Å². The van der Waals surface area contributed by atoms with Crippen molar-refractivity contribution in [3.05, 3.63) is 35.1 Å². The lowest BCUT2D eigenvalue weighted by Gasteiger charge is -2.35. The Balaban J connectivity index is 1.98. The number of rotatable bonds is 3. The van der Waals surface area contributed by atoms with Crippen molar-refractivity contribution >= 4 is 0 Å². The molecule has 6 heteroatoms. The fraction of sp³-hybridized carbons (Fsp3) is 0.600. The van der Waals surface area contributed by atoms with Crippen LogP contribution in [0, 0.1) is 5.82 Å². The summed E-state index contributed by atoms with van der Waals surface area (Å²) in [6.45, 7) is 3.42. The first-order valence-electron chi connectivity index (χ1n) is 7.06.